The third-order valence-corrected chi connectivity index (χ3v) is 3.13. The van der Waals surface area contributed by atoms with Gasteiger partial charge < -0.3 is 4.57 Å². The van der Waals surface area contributed by atoms with Crippen LogP contribution >= 0.6 is 11.6 Å². The number of aryl methyl sites for hydroxylation is 1. The smallest absolute Gasteiger partial charge is 0.176 e. The van der Waals surface area contributed by atoms with E-state index >= 15 is 0 Å². The number of hydrogen-bond acceptors (Lipinski definition) is 3. The summed E-state index contributed by atoms with van der Waals surface area (Å²) >= 11 is 5.88. The molecule has 0 bridgehead atoms. The van der Waals surface area contributed by atoms with E-state index in [1.165, 1.54) is 0 Å². The minimum absolute atomic E-state index is 0.0548. The molecule has 2 rings (SSSR count). The Bertz CT molecular complexity index is 580. The van der Waals surface area contributed by atoms with E-state index in [4.69, 9.17) is 11.6 Å². The fourth-order valence-corrected chi connectivity index (χ4v) is 2.03. The first-order valence-corrected chi connectivity index (χ1v) is 6.37. The summed E-state index contributed by atoms with van der Waals surface area (Å²) in [6.45, 7) is 0.975. The second-order valence-corrected chi connectivity index (χ2v) is 5.00. The molecule has 0 aliphatic rings. The number of hydrogen-bond donors (Lipinski definition) is 0. The van der Waals surface area contributed by atoms with Crippen molar-refractivity contribution in [2.24, 2.45) is 7.05 Å². The maximum absolute atomic E-state index is 12.1. The fourth-order valence-electron chi connectivity index (χ4n) is 1.84. The zero-order chi connectivity index (χ0) is 13.8. The molecule has 0 amide bonds. The zero-order valence-electron chi connectivity index (χ0n) is 11.0. The lowest BCUT2D eigenvalue weighted by Gasteiger charge is -2.15. The van der Waals surface area contributed by atoms with Gasteiger partial charge in [0.2, 0.25) is 0 Å². The maximum atomic E-state index is 12.1. The Morgan fingerprint density at radius 2 is 2.26 bits per heavy atom. The van der Waals surface area contributed by atoms with Crippen molar-refractivity contribution < 1.29 is 4.79 Å². The van der Waals surface area contributed by atoms with Gasteiger partial charge in [0.1, 0.15) is 5.82 Å². The number of nitrogens with zero attached hydrogens (tertiary/aromatic N) is 3. The Balaban J connectivity index is 1.97. The van der Waals surface area contributed by atoms with E-state index in [1.807, 2.05) is 29.8 Å². The Morgan fingerprint density at radius 3 is 2.89 bits per heavy atom. The van der Waals surface area contributed by atoms with E-state index in [9.17, 15) is 4.79 Å². The molecule has 0 unspecified atom stereocenters. The summed E-state index contributed by atoms with van der Waals surface area (Å²) in [7, 11) is 3.84. The summed E-state index contributed by atoms with van der Waals surface area (Å²) in [5, 5.41) is 0.581. The summed E-state index contributed by atoms with van der Waals surface area (Å²) in [6.07, 6.45) is 3.64. The van der Waals surface area contributed by atoms with E-state index in [-0.39, 0.29) is 5.78 Å². The number of imidazole rings is 1. The van der Waals surface area contributed by atoms with Crippen LogP contribution in [0, 0.1) is 0 Å². The predicted octanol–water partition coefficient (Wildman–Crippen LogP) is 2.39. The highest BCUT2D eigenvalue weighted by atomic mass is 35.5. The van der Waals surface area contributed by atoms with Crippen molar-refractivity contribution in [3.8, 4) is 0 Å². The standard InChI is InChI=1S/C14H16ClN3O/c1-17(10-14-16-6-7-18(14)2)9-13(19)11-4-3-5-12(15)8-11/h3-8H,9-10H2,1-2H3. The average molecular weight is 278 g/mol. The highest BCUT2D eigenvalue weighted by Crippen LogP contribution is 2.11. The van der Waals surface area contributed by atoms with Crippen molar-refractivity contribution in [1.29, 1.82) is 0 Å². The summed E-state index contributed by atoms with van der Waals surface area (Å²) in [5.41, 5.74) is 0.638. The van der Waals surface area contributed by atoms with Crippen molar-refractivity contribution in [3.63, 3.8) is 0 Å². The van der Waals surface area contributed by atoms with Gasteiger partial charge in [0.25, 0.3) is 0 Å². The normalized spacial score (nSPS) is 10.9. The number of aromatic nitrogens is 2. The molecule has 0 atom stereocenters. The van der Waals surface area contributed by atoms with Crippen LogP contribution < -0.4 is 0 Å². The van der Waals surface area contributed by atoms with Crippen LogP contribution in [0.5, 0.6) is 0 Å². The van der Waals surface area contributed by atoms with Gasteiger partial charge in [-0.1, -0.05) is 23.7 Å². The van der Waals surface area contributed by atoms with Crippen LogP contribution in [-0.4, -0.2) is 33.8 Å². The summed E-state index contributed by atoms with van der Waals surface area (Å²) in [4.78, 5) is 18.3. The first-order chi connectivity index (χ1) is 9.06. The molecule has 0 aliphatic heterocycles. The summed E-state index contributed by atoms with van der Waals surface area (Å²) < 4.78 is 1.94. The molecule has 19 heavy (non-hydrogen) atoms. The van der Waals surface area contributed by atoms with Gasteiger partial charge in [0.15, 0.2) is 5.78 Å². The molecule has 1 aromatic heterocycles. The molecule has 0 aliphatic carbocycles. The second kappa shape index (κ2) is 5.99. The Hall–Kier alpha value is -1.65. The fraction of sp³-hybridized carbons (Fsp3) is 0.286. The molecule has 0 saturated carbocycles. The minimum Gasteiger partial charge on any atom is -0.337 e. The zero-order valence-corrected chi connectivity index (χ0v) is 11.8. The van der Waals surface area contributed by atoms with E-state index in [0.717, 1.165) is 5.82 Å². The van der Waals surface area contributed by atoms with Crippen LogP contribution in [0.15, 0.2) is 36.7 Å². The minimum atomic E-state index is 0.0548. The molecule has 1 heterocycles. The Labute approximate surface area is 117 Å². The predicted molar refractivity (Wildman–Crippen MR) is 75.3 cm³/mol. The van der Waals surface area contributed by atoms with Gasteiger partial charge in [-0.15, -0.1) is 0 Å². The number of halogens is 1. The van der Waals surface area contributed by atoms with Crippen LogP contribution in [0.3, 0.4) is 0 Å². The first kappa shape index (κ1) is 13.8. The molecular formula is C14H16ClN3O. The van der Waals surface area contributed by atoms with Gasteiger partial charge in [-0.3, -0.25) is 9.69 Å². The quantitative estimate of drug-likeness (QED) is 0.788. The van der Waals surface area contributed by atoms with E-state index in [1.54, 1.807) is 30.5 Å². The van der Waals surface area contributed by atoms with E-state index in [2.05, 4.69) is 4.98 Å². The lowest BCUT2D eigenvalue weighted by molar-refractivity contribution is 0.0941. The number of benzene rings is 1. The molecular weight excluding hydrogens is 262 g/mol. The Kier molecular flexibility index (Phi) is 4.35. The SMILES string of the molecule is CN(CC(=O)c1cccc(Cl)c1)Cc1nccn1C. The largest absolute Gasteiger partial charge is 0.337 e. The lowest BCUT2D eigenvalue weighted by Crippen LogP contribution is -2.26. The van der Waals surface area contributed by atoms with Crippen molar-refractivity contribution in [2.45, 2.75) is 6.54 Å². The lowest BCUT2D eigenvalue weighted by atomic mass is 10.1. The van der Waals surface area contributed by atoms with E-state index in [0.29, 0.717) is 23.7 Å². The second-order valence-electron chi connectivity index (χ2n) is 4.56. The van der Waals surface area contributed by atoms with Gasteiger partial charge >= 0.3 is 0 Å². The van der Waals surface area contributed by atoms with Crippen LogP contribution in [0.25, 0.3) is 0 Å². The van der Waals surface area contributed by atoms with Gasteiger partial charge in [0, 0.05) is 30.0 Å². The third kappa shape index (κ3) is 3.66. The number of carbonyl (C=O) groups is 1. The molecule has 1 aromatic carbocycles. The van der Waals surface area contributed by atoms with Crippen molar-refractivity contribution in [1.82, 2.24) is 14.5 Å². The number of ketones is 1. The number of carbonyl (C=O) groups excluding carboxylic acids is 1. The van der Waals surface area contributed by atoms with Crippen LogP contribution in [0.4, 0.5) is 0 Å². The molecule has 0 saturated heterocycles. The first-order valence-electron chi connectivity index (χ1n) is 6.00. The average Bonchev–Trinajstić information content (AvgIpc) is 2.75. The van der Waals surface area contributed by atoms with Crippen LogP contribution in [-0.2, 0) is 13.6 Å². The van der Waals surface area contributed by atoms with Crippen molar-refractivity contribution in [3.05, 3.63) is 53.1 Å². The molecule has 5 heteroatoms. The highest BCUT2D eigenvalue weighted by molar-refractivity contribution is 6.31. The highest BCUT2D eigenvalue weighted by Gasteiger charge is 2.11. The maximum Gasteiger partial charge on any atom is 0.176 e. The van der Waals surface area contributed by atoms with Gasteiger partial charge in [-0.25, -0.2) is 4.98 Å². The van der Waals surface area contributed by atoms with Crippen molar-refractivity contribution >= 4 is 17.4 Å². The number of rotatable bonds is 5. The van der Waals surface area contributed by atoms with Gasteiger partial charge in [-0.05, 0) is 19.2 Å². The third-order valence-electron chi connectivity index (χ3n) is 2.89. The molecule has 0 spiro atoms. The molecule has 100 valence electrons. The van der Waals surface area contributed by atoms with E-state index < -0.39 is 0 Å². The monoisotopic (exact) mass is 277 g/mol. The molecule has 4 nitrogen and oxygen atoms in total. The molecule has 0 fully saturated rings. The molecule has 0 radical (unpaired) electrons. The number of Topliss-reactive ketones (excluding diaryl/α,β-unsaturated/α-hetero) is 1. The van der Waals surface area contributed by atoms with Crippen molar-refractivity contribution in [2.75, 3.05) is 13.6 Å². The van der Waals surface area contributed by atoms with Gasteiger partial charge in [0.05, 0.1) is 13.1 Å². The topological polar surface area (TPSA) is 38.1 Å². The molecule has 2 aromatic rings. The molecule has 0 N–H and O–H groups in total. The van der Waals surface area contributed by atoms with Crippen LogP contribution in [0.2, 0.25) is 5.02 Å². The van der Waals surface area contributed by atoms with Crippen LogP contribution in [0.1, 0.15) is 16.2 Å². The number of likely N-dealkylation sites (N-methyl/N-ethyl adjacent to an activating group) is 1. The van der Waals surface area contributed by atoms with Gasteiger partial charge in [-0.2, -0.15) is 0 Å². The Morgan fingerprint density at radius 1 is 1.47 bits per heavy atom. The summed E-state index contributed by atoms with van der Waals surface area (Å²) in [5.74, 6) is 0.987. The summed E-state index contributed by atoms with van der Waals surface area (Å²) in [6, 6.07) is 7.02.